The second kappa shape index (κ2) is 4.89. The molecule has 0 saturated carbocycles. The zero-order valence-corrected chi connectivity index (χ0v) is 10.8. The SMILES string of the molecule is Cc1oc(C)c(C(=O)NCCS(N)(=O)=O)c1C. The average Bonchev–Trinajstić information content (AvgIpc) is 2.38. The van der Waals surface area contributed by atoms with Gasteiger partial charge in [-0.3, -0.25) is 4.79 Å². The van der Waals surface area contributed by atoms with Gasteiger partial charge in [-0.1, -0.05) is 0 Å². The number of carbonyl (C=O) groups is 1. The molecule has 96 valence electrons. The summed E-state index contributed by atoms with van der Waals surface area (Å²) in [5, 5.41) is 7.32. The highest BCUT2D eigenvalue weighted by molar-refractivity contribution is 7.89. The lowest BCUT2D eigenvalue weighted by molar-refractivity contribution is 0.0954. The lowest BCUT2D eigenvalue weighted by Crippen LogP contribution is -2.31. The van der Waals surface area contributed by atoms with Crippen molar-refractivity contribution >= 4 is 15.9 Å². The molecule has 0 aliphatic heterocycles. The molecule has 0 aliphatic rings. The van der Waals surface area contributed by atoms with Crippen molar-refractivity contribution < 1.29 is 17.6 Å². The smallest absolute Gasteiger partial charge is 0.255 e. The summed E-state index contributed by atoms with van der Waals surface area (Å²) in [4.78, 5) is 11.8. The maximum atomic E-state index is 11.8. The van der Waals surface area contributed by atoms with E-state index in [0.29, 0.717) is 17.1 Å². The molecule has 3 N–H and O–H groups in total. The molecule has 1 amide bonds. The first-order valence-electron chi connectivity index (χ1n) is 5.07. The summed E-state index contributed by atoms with van der Waals surface area (Å²) < 4.78 is 26.7. The Kier molecular flexibility index (Phi) is 3.94. The fourth-order valence-electron chi connectivity index (χ4n) is 1.52. The molecule has 1 heterocycles. The van der Waals surface area contributed by atoms with Gasteiger partial charge in [0, 0.05) is 12.1 Å². The first-order chi connectivity index (χ1) is 7.72. The van der Waals surface area contributed by atoms with Crippen molar-refractivity contribution in [3.8, 4) is 0 Å². The van der Waals surface area contributed by atoms with Crippen molar-refractivity contribution in [2.24, 2.45) is 5.14 Å². The Morgan fingerprint density at radius 1 is 1.29 bits per heavy atom. The molecule has 0 radical (unpaired) electrons. The molecule has 17 heavy (non-hydrogen) atoms. The van der Waals surface area contributed by atoms with Crippen LogP contribution in [0.3, 0.4) is 0 Å². The second-order valence-electron chi connectivity index (χ2n) is 3.84. The van der Waals surface area contributed by atoms with Crippen LogP contribution in [-0.4, -0.2) is 26.6 Å². The summed E-state index contributed by atoms with van der Waals surface area (Å²) in [5.74, 6) is 0.570. The van der Waals surface area contributed by atoms with Crippen LogP contribution >= 0.6 is 0 Å². The molecule has 0 spiro atoms. The highest BCUT2D eigenvalue weighted by Crippen LogP contribution is 2.20. The predicted octanol–water partition coefficient (Wildman–Crippen LogP) is 0.223. The monoisotopic (exact) mass is 260 g/mol. The minimum atomic E-state index is -3.56. The molecule has 1 rings (SSSR count). The molecular formula is C10H16N2O4S. The minimum Gasteiger partial charge on any atom is -0.466 e. The Balaban J connectivity index is 2.71. The van der Waals surface area contributed by atoms with Crippen LogP contribution in [0.2, 0.25) is 0 Å². The third kappa shape index (κ3) is 3.57. The molecular weight excluding hydrogens is 244 g/mol. The van der Waals surface area contributed by atoms with E-state index in [1.165, 1.54) is 0 Å². The number of aryl methyl sites for hydroxylation is 2. The molecule has 0 fully saturated rings. The fourth-order valence-corrected chi connectivity index (χ4v) is 1.91. The van der Waals surface area contributed by atoms with E-state index in [0.717, 1.165) is 5.56 Å². The van der Waals surface area contributed by atoms with Gasteiger partial charge in [0.05, 0.1) is 11.3 Å². The first kappa shape index (κ1) is 13.7. The summed E-state index contributed by atoms with van der Waals surface area (Å²) >= 11 is 0. The maximum Gasteiger partial charge on any atom is 0.255 e. The van der Waals surface area contributed by atoms with E-state index < -0.39 is 10.0 Å². The number of sulfonamides is 1. The minimum absolute atomic E-state index is 0.0131. The summed E-state index contributed by atoms with van der Waals surface area (Å²) in [6, 6.07) is 0. The first-order valence-corrected chi connectivity index (χ1v) is 6.79. The van der Waals surface area contributed by atoms with Crippen molar-refractivity contribution in [2.75, 3.05) is 12.3 Å². The van der Waals surface area contributed by atoms with Crippen LogP contribution < -0.4 is 10.5 Å². The van der Waals surface area contributed by atoms with E-state index in [1.807, 2.05) is 0 Å². The molecule has 0 saturated heterocycles. The van der Waals surface area contributed by atoms with E-state index in [2.05, 4.69) is 5.32 Å². The summed E-state index contributed by atoms with van der Waals surface area (Å²) in [5.41, 5.74) is 1.22. The van der Waals surface area contributed by atoms with Crippen LogP contribution in [0.4, 0.5) is 0 Å². The van der Waals surface area contributed by atoms with Crippen LogP contribution in [0.25, 0.3) is 0 Å². The Hall–Kier alpha value is -1.34. The summed E-state index contributed by atoms with van der Waals surface area (Å²) in [6.07, 6.45) is 0. The molecule has 0 aromatic carbocycles. The normalized spacial score (nSPS) is 11.5. The zero-order valence-electron chi connectivity index (χ0n) is 10.0. The number of carbonyl (C=O) groups excluding carboxylic acids is 1. The number of amides is 1. The van der Waals surface area contributed by atoms with Crippen LogP contribution in [0.5, 0.6) is 0 Å². The molecule has 6 nitrogen and oxygen atoms in total. The molecule has 0 bridgehead atoms. The van der Waals surface area contributed by atoms with Gasteiger partial charge in [-0.05, 0) is 20.8 Å². The summed E-state index contributed by atoms with van der Waals surface area (Å²) in [6.45, 7) is 5.22. The predicted molar refractivity (Wildman–Crippen MR) is 63.2 cm³/mol. The van der Waals surface area contributed by atoms with Gasteiger partial charge in [-0.15, -0.1) is 0 Å². The van der Waals surface area contributed by atoms with E-state index >= 15 is 0 Å². The zero-order chi connectivity index (χ0) is 13.2. The molecule has 0 aliphatic carbocycles. The fraction of sp³-hybridized carbons (Fsp3) is 0.500. The second-order valence-corrected chi connectivity index (χ2v) is 5.57. The van der Waals surface area contributed by atoms with Gasteiger partial charge in [-0.2, -0.15) is 0 Å². The van der Waals surface area contributed by atoms with Crippen molar-refractivity contribution in [1.29, 1.82) is 0 Å². The van der Waals surface area contributed by atoms with Crippen molar-refractivity contribution in [3.05, 3.63) is 22.6 Å². The molecule has 1 aromatic rings. The van der Waals surface area contributed by atoms with Gasteiger partial charge in [0.25, 0.3) is 5.91 Å². The number of rotatable bonds is 4. The topological polar surface area (TPSA) is 102 Å². The lowest BCUT2D eigenvalue weighted by atomic mass is 10.1. The third-order valence-corrected chi connectivity index (χ3v) is 3.23. The van der Waals surface area contributed by atoms with E-state index in [4.69, 9.17) is 9.56 Å². The maximum absolute atomic E-state index is 11.8. The Bertz CT molecular complexity index is 531. The standard InChI is InChI=1S/C10H16N2O4S/c1-6-7(2)16-8(3)9(6)10(13)12-4-5-17(11,14)15/h4-5H2,1-3H3,(H,12,13)(H2,11,14,15). The number of hydrogen-bond donors (Lipinski definition) is 2. The average molecular weight is 260 g/mol. The molecule has 1 aromatic heterocycles. The van der Waals surface area contributed by atoms with E-state index in [9.17, 15) is 13.2 Å². The lowest BCUT2D eigenvalue weighted by Gasteiger charge is -2.04. The van der Waals surface area contributed by atoms with Gasteiger partial charge in [0.2, 0.25) is 10.0 Å². The molecule has 7 heteroatoms. The van der Waals surface area contributed by atoms with Gasteiger partial charge in [-0.25, -0.2) is 13.6 Å². The molecule has 0 atom stereocenters. The van der Waals surface area contributed by atoms with Crippen LogP contribution in [0, 0.1) is 20.8 Å². The Labute approximate surface area is 100 Å². The van der Waals surface area contributed by atoms with E-state index in [1.54, 1.807) is 20.8 Å². The van der Waals surface area contributed by atoms with Gasteiger partial charge in [0.1, 0.15) is 11.5 Å². The Morgan fingerprint density at radius 2 is 1.88 bits per heavy atom. The number of primary sulfonamides is 1. The summed E-state index contributed by atoms with van der Waals surface area (Å²) in [7, 11) is -3.56. The van der Waals surface area contributed by atoms with Gasteiger partial charge < -0.3 is 9.73 Å². The number of hydrogen-bond acceptors (Lipinski definition) is 4. The van der Waals surface area contributed by atoms with Crippen molar-refractivity contribution in [2.45, 2.75) is 20.8 Å². The largest absolute Gasteiger partial charge is 0.466 e. The van der Waals surface area contributed by atoms with Crippen LogP contribution in [-0.2, 0) is 10.0 Å². The third-order valence-electron chi connectivity index (χ3n) is 2.46. The van der Waals surface area contributed by atoms with Crippen LogP contribution in [0.1, 0.15) is 27.4 Å². The number of nitrogens with two attached hydrogens (primary N) is 1. The Morgan fingerprint density at radius 3 is 2.29 bits per heavy atom. The number of furan rings is 1. The van der Waals surface area contributed by atoms with E-state index in [-0.39, 0.29) is 18.2 Å². The van der Waals surface area contributed by atoms with Crippen molar-refractivity contribution in [1.82, 2.24) is 5.32 Å². The molecule has 0 unspecified atom stereocenters. The number of nitrogens with one attached hydrogen (secondary N) is 1. The quantitative estimate of drug-likeness (QED) is 0.808. The highest BCUT2D eigenvalue weighted by atomic mass is 32.2. The van der Waals surface area contributed by atoms with Gasteiger partial charge in [0.15, 0.2) is 0 Å². The van der Waals surface area contributed by atoms with Crippen LogP contribution in [0.15, 0.2) is 4.42 Å². The van der Waals surface area contributed by atoms with Crippen molar-refractivity contribution in [3.63, 3.8) is 0 Å². The highest BCUT2D eigenvalue weighted by Gasteiger charge is 2.18. The van der Waals surface area contributed by atoms with Gasteiger partial charge >= 0.3 is 0 Å².